The Kier molecular flexibility index (Phi) is 2.48. The summed E-state index contributed by atoms with van der Waals surface area (Å²) in [5.41, 5.74) is -0.201. The highest BCUT2D eigenvalue weighted by Gasteiger charge is 2.49. The van der Waals surface area contributed by atoms with Crippen LogP contribution in [0.4, 0.5) is 0 Å². The van der Waals surface area contributed by atoms with Crippen molar-refractivity contribution < 1.29 is 19.1 Å². The molecular weight excluding hydrogens is 232 g/mol. The number of hydrogen-bond donors (Lipinski definition) is 0. The van der Waals surface area contributed by atoms with Crippen LogP contribution in [0.3, 0.4) is 0 Å². The van der Waals surface area contributed by atoms with Crippen LogP contribution < -0.4 is 0 Å². The van der Waals surface area contributed by atoms with Crippen LogP contribution in [0.5, 0.6) is 0 Å². The fraction of sp³-hybridized carbons (Fsp3) is 0.571. The highest BCUT2D eigenvalue weighted by atomic mass is 16.6. The molecule has 0 saturated heterocycles. The summed E-state index contributed by atoms with van der Waals surface area (Å²) in [6.45, 7) is 11.4. The number of carbonyl (C=O) groups excluding carboxylic acids is 2. The molecule has 2 heterocycles. The molecule has 0 N–H and O–H groups in total. The molecule has 0 aromatic rings. The van der Waals surface area contributed by atoms with Crippen LogP contribution in [0, 0.1) is 10.8 Å². The van der Waals surface area contributed by atoms with E-state index in [9.17, 15) is 9.59 Å². The van der Waals surface area contributed by atoms with Gasteiger partial charge in [0.2, 0.25) is 0 Å². The number of ether oxygens (including phenoxy) is 2. The smallest absolute Gasteiger partial charge is 0.347 e. The third kappa shape index (κ3) is 1.76. The van der Waals surface area contributed by atoms with Crippen molar-refractivity contribution in [3.8, 4) is 0 Å². The molecular formula is C14H18O4. The molecule has 0 atom stereocenters. The molecule has 0 fully saturated rings. The molecule has 4 heteroatoms. The summed E-state index contributed by atoms with van der Waals surface area (Å²) >= 11 is 0. The van der Waals surface area contributed by atoms with Gasteiger partial charge in [-0.25, -0.2) is 9.59 Å². The van der Waals surface area contributed by atoms with Gasteiger partial charge in [-0.1, -0.05) is 41.5 Å². The molecule has 2 aliphatic heterocycles. The van der Waals surface area contributed by atoms with E-state index in [1.807, 2.05) is 41.5 Å². The first-order chi connectivity index (χ1) is 8.03. The summed E-state index contributed by atoms with van der Waals surface area (Å²) in [7, 11) is 0. The molecule has 2 rings (SSSR count). The van der Waals surface area contributed by atoms with Crippen LogP contribution in [-0.2, 0) is 19.1 Å². The molecule has 0 aromatic heterocycles. The van der Waals surface area contributed by atoms with Crippen molar-refractivity contribution in [3.05, 3.63) is 22.7 Å². The van der Waals surface area contributed by atoms with E-state index in [1.54, 1.807) is 0 Å². The van der Waals surface area contributed by atoms with E-state index < -0.39 is 22.8 Å². The Labute approximate surface area is 107 Å². The average Bonchev–Trinajstić information content (AvgIpc) is 2.65. The minimum atomic E-state index is -0.481. The van der Waals surface area contributed by atoms with Crippen molar-refractivity contribution in [1.29, 1.82) is 0 Å². The zero-order valence-corrected chi connectivity index (χ0v) is 11.6. The van der Waals surface area contributed by atoms with Crippen LogP contribution in [-0.4, -0.2) is 11.9 Å². The standard InChI is InChI=1S/C14H18O4/c1-13(2,3)9-7-8(12(16)17-9)10(14(4,5)6)18-11(7)15/h1-6H3. The van der Waals surface area contributed by atoms with E-state index in [1.165, 1.54) is 0 Å². The molecule has 18 heavy (non-hydrogen) atoms. The van der Waals surface area contributed by atoms with Crippen LogP contribution in [0.15, 0.2) is 22.7 Å². The highest BCUT2D eigenvalue weighted by molar-refractivity contribution is 6.14. The van der Waals surface area contributed by atoms with E-state index in [0.717, 1.165) is 0 Å². The van der Waals surface area contributed by atoms with Gasteiger partial charge in [0, 0.05) is 10.8 Å². The van der Waals surface area contributed by atoms with Crippen LogP contribution in [0.25, 0.3) is 0 Å². The summed E-state index contributed by atoms with van der Waals surface area (Å²) < 4.78 is 10.5. The van der Waals surface area contributed by atoms with Gasteiger partial charge in [0.25, 0.3) is 0 Å². The van der Waals surface area contributed by atoms with E-state index in [-0.39, 0.29) is 0 Å². The zero-order chi connectivity index (χ0) is 13.9. The van der Waals surface area contributed by atoms with Gasteiger partial charge in [-0.15, -0.1) is 0 Å². The van der Waals surface area contributed by atoms with E-state index >= 15 is 0 Å². The minimum Gasteiger partial charge on any atom is -0.426 e. The molecule has 0 unspecified atom stereocenters. The van der Waals surface area contributed by atoms with Gasteiger partial charge in [-0.3, -0.25) is 0 Å². The highest BCUT2D eigenvalue weighted by Crippen LogP contribution is 2.46. The Morgan fingerprint density at radius 3 is 1.17 bits per heavy atom. The van der Waals surface area contributed by atoms with E-state index in [0.29, 0.717) is 22.7 Å². The molecule has 0 saturated carbocycles. The molecule has 0 spiro atoms. The van der Waals surface area contributed by atoms with Crippen molar-refractivity contribution in [2.24, 2.45) is 10.8 Å². The summed E-state index contributed by atoms with van der Waals surface area (Å²) in [5, 5.41) is 0. The first-order valence-electron chi connectivity index (χ1n) is 5.97. The second-order valence-corrected chi connectivity index (χ2v) is 6.69. The maximum atomic E-state index is 12.0. The number of carbonyl (C=O) groups is 2. The fourth-order valence-corrected chi connectivity index (χ4v) is 2.06. The van der Waals surface area contributed by atoms with Gasteiger partial charge in [0.1, 0.15) is 22.7 Å². The van der Waals surface area contributed by atoms with Gasteiger partial charge in [0.15, 0.2) is 0 Å². The largest absolute Gasteiger partial charge is 0.426 e. The summed E-state index contributed by atoms with van der Waals surface area (Å²) in [6, 6.07) is 0. The quantitative estimate of drug-likeness (QED) is 0.620. The third-order valence-corrected chi connectivity index (χ3v) is 2.86. The Morgan fingerprint density at radius 1 is 0.667 bits per heavy atom. The lowest BCUT2D eigenvalue weighted by molar-refractivity contribution is -0.136. The van der Waals surface area contributed by atoms with Crippen molar-refractivity contribution in [1.82, 2.24) is 0 Å². The van der Waals surface area contributed by atoms with E-state index in [2.05, 4.69) is 0 Å². The maximum absolute atomic E-state index is 12.0. The number of fused-ring (bicyclic) bond motifs is 1. The first kappa shape index (κ1) is 12.9. The Bertz CT molecular complexity index is 459. The molecule has 0 aliphatic carbocycles. The fourth-order valence-electron chi connectivity index (χ4n) is 2.06. The molecule has 0 aromatic carbocycles. The first-order valence-corrected chi connectivity index (χ1v) is 5.97. The second kappa shape index (κ2) is 3.46. The maximum Gasteiger partial charge on any atom is 0.347 e. The summed E-state index contributed by atoms with van der Waals surface area (Å²) in [6.07, 6.45) is 0. The topological polar surface area (TPSA) is 52.6 Å². The number of allylic oxidation sites excluding steroid dienone is 2. The lowest BCUT2D eigenvalue weighted by Gasteiger charge is -2.20. The minimum absolute atomic E-state index is 0.303. The normalized spacial score (nSPS) is 20.3. The Balaban J connectivity index is 2.67. The molecule has 4 nitrogen and oxygen atoms in total. The average molecular weight is 250 g/mol. The summed E-state index contributed by atoms with van der Waals surface area (Å²) in [5.74, 6) is -0.144. The number of cyclic esters (lactones) is 2. The van der Waals surface area contributed by atoms with E-state index in [4.69, 9.17) is 9.47 Å². The van der Waals surface area contributed by atoms with Crippen LogP contribution in [0.1, 0.15) is 41.5 Å². The van der Waals surface area contributed by atoms with Gasteiger partial charge in [0.05, 0.1) is 0 Å². The van der Waals surface area contributed by atoms with Crippen LogP contribution in [0.2, 0.25) is 0 Å². The SMILES string of the molecule is CC(C)(C)C1=C2C(=O)OC(C(C)(C)C)=C2C(=O)O1. The van der Waals surface area contributed by atoms with Gasteiger partial charge < -0.3 is 9.47 Å². The predicted molar refractivity (Wildman–Crippen MR) is 65.1 cm³/mol. The van der Waals surface area contributed by atoms with Crippen molar-refractivity contribution in [3.63, 3.8) is 0 Å². The molecule has 0 radical (unpaired) electrons. The lowest BCUT2D eigenvalue weighted by atomic mass is 9.87. The molecule has 2 aliphatic rings. The third-order valence-electron chi connectivity index (χ3n) is 2.86. The van der Waals surface area contributed by atoms with Crippen molar-refractivity contribution in [2.75, 3.05) is 0 Å². The van der Waals surface area contributed by atoms with Gasteiger partial charge >= 0.3 is 11.9 Å². The van der Waals surface area contributed by atoms with Gasteiger partial charge in [-0.2, -0.15) is 0 Å². The molecule has 98 valence electrons. The lowest BCUT2D eigenvalue weighted by Crippen LogP contribution is -2.17. The van der Waals surface area contributed by atoms with Crippen LogP contribution >= 0.6 is 0 Å². The molecule has 0 amide bonds. The number of rotatable bonds is 0. The predicted octanol–water partition coefficient (Wildman–Crippen LogP) is 2.70. The van der Waals surface area contributed by atoms with Crippen molar-refractivity contribution >= 4 is 11.9 Å². The molecule has 0 bridgehead atoms. The Hall–Kier alpha value is -1.58. The number of hydrogen-bond acceptors (Lipinski definition) is 4. The Morgan fingerprint density at radius 2 is 0.944 bits per heavy atom. The summed E-state index contributed by atoms with van der Waals surface area (Å²) in [4.78, 5) is 23.9. The zero-order valence-electron chi connectivity index (χ0n) is 11.6. The van der Waals surface area contributed by atoms with Gasteiger partial charge in [-0.05, 0) is 0 Å². The number of esters is 2. The monoisotopic (exact) mass is 250 g/mol. The second-order valence-electron chi connectivity index (χ2n) is 6.69. The van der Waals surface area contributed by atoms with Crippen molar-refractivity contribution in [2.45, 2.75) is 41.5 Å².